The first-order chi connectivity index (χ1) is 4.90. The molecule has 0 spiro atoms. The van der Waals surface area contributed by atoms with Crippen LogP contribution in [0.15, 0.2) is 0 Å². The molecule has 0 bridgehead atoms. The van der Waals surface area contributed by atoms with Gasteiger partial charge in [-0.1, -0.05) is 13.8 Å². The first kappa shape index (κ1) is 9.01. The number of hydrogen-bond acceptors (Lipinski definition) is 2. The summed E-state index contributed by atoms with van der Waals surface area (Å²) >= 11 is 0. The molecule has 2 N–H and O–H groups in total. The van der Waals surface area contributed by atoms with Crippen molar-refractivity contribution in [1.82, 2.24) is 0 Å². The minimum Gasteiger partial charge on any atom is -0.387 e. The van der Waals surface area contributed by atoms with E-state index < -0.39 is 11.2 Å². The van der Waals surface area contributed by atoms with Gasteiger partial charge >= 0.3 is 0 Å². The van der Waals surface area contributed by atoms with Crippen LogP contribution < -0.4 is 0 Å². The van der Waals surface area contributed by atoms with Crippen LogP contribution in [0.25, 0.3) is 0 Å². The van der Waals surface area contributed by atoms with Gasteiger partial charge in [-0.2, -0.15) is 0 Å². The van der Waals surface area contributed by atoms with Crippen molar-refractivity contribution >= 4 is 0 Å². The Bertz CT molecular complexity index is 152. The van der Waals surface area contributed by atoms with Crippen molar-refractivity contribution in [2.24, 2.45) is 5.92 Å². The molecule has 1 aliphatic rings. The van der Waals surface area contributed by atoms with E-state index in [-0.39, 0.29) is 5.92 Å². The highest BCUT2D eigenvalue weighted by Crippen LogP contribution is 2.43. The van der Waals surface area contributed by atoms with E-state index >= 15 is 0 Å². The lowest BCUT2D eigenvalue weighted by molar-refractivity contribution is -0.144. The molecular formula is C9H18O2. The Morgan fingerprint density at radius 3 is 1.91 bits per heavy atom. The Kier molecular flexibility index (Phi) is 2.01. The van der Waals surface area contributed by atoms with Gasteiger partial charge in [0.15, 0.2) is 0 Å². The summed E-state index contributed by atoms with van der Waals surface area (Å²) in [7, 11) is 0. The Balaban J connectivity index is 2.84. The minimum atomic E-state index is -0.874. The van der Waals surface area contributed by atoms with Crippen molar-refractivity contribution in [3.05, 3.63) is 0 Å². The van der Waals surface area contributed by atoms with Gasteiger partial charge in [0.25, 0.3) is 0 Å². The van der Waals surface area contributed by atoms with Crippen molar-refractivity contribution in [3.63, 3.8) is 0 Å². The van der Waals surface area contributed by atoms with E-state index in [4.69, 9.17) is 0 Å². The average Bonchev–Trinajstić information content (AvgIpc) is 2.09. The molecule has 0 saturated heterocycles. The molecule has 1 rings (SSSR count). The second kappa shape index (κ2) is 2.46. The fourth-order valence-corrected chi connectivity index (χ4v) is 2.10. The number of rotatable bonds is 1. The first-order valence-corrected chi connectivity index (χ1v) is 4.35. The van der Waals surface area contributed by atoms with E-state index in [9.17, 15) is 10.2 Å². The van der Waals surface area contributed by atoms with Crippen molar-refractivity contribution in [2.75, 3.05) is 0 Å². The topological polar surface area (TPSA) is 40.5 Å². The van der Waals surface area contributed by atoms with Gasteiger partial charge in [0.05, 0.1) is 11.2 Å². The Morgan fingerprint density at radius 1 is 1.18 bits per heavy atom. The molecule has 0 aromatic heterocycles. The van der Waals surface area contributed by atoms with Crippen LogP contribution in [0.5, 0.6) is 0 Å². The zero-order valence-corrected chi connectivity index (χ0v) is 7.59. The van der Waals surface area contributed by atoms with E-state index in [2.05, 4.69) is 0 Å². The zero-order valence-electron chi connectivity index (χ0n) is 7.59. The summed E-state index contributed by atoms with van der Waals surface area (Å²) in [4.78, 5) is 0. The molecule has 0 aromatic carbocycles. The van der Waals surface area contributed by atoms with Crippen LogP contribution in [0.1, 0.15) is 40.0 Å². The van der Waals surface area contributed by atoms with Crippen LogP contribution in [0, 0.1) is 5.92 Å². The molecule has 11 heavy (non-hydrogen) atoms. The summed E-state index contributed by atoms with van der Waals surface area (Å²) in [6, 6.07) is 0. The van der Waals surface area contributed by atoms with Crippen molar-refractivity contribution in [1.29, 1.82) is 0 Å². The molecule has 0 radical (unpaired) electrons. The number of aliphatic hydroxyl groups is 2. The zero-order chi connectivity index (χ0) is 8.70. The van der Waals surface area contributed by atoms with E-state index in [0.717, 1.165) is 19.3 Å². The molecule has 0 aliphatic heterocycles. The van der Waals surface area contributed by atoms with Gasteiger partial charge < -0.3 is 10.2 Å². The summed E-state index contributed by atoms with van der Waals surface area (Å²) in [6.07, 6.45) is 2.39. The highest BCUT2D eigenvalue weighted by atomic mass is 16.4. The molecule has 66 valence electrons. The van der Waals surface area contributed by atoms with Crippen LogP contribution in [-0.2, 0) is 0 Å². The summed E-state index contributed by atoms with van der Waals surface area (Å²) in [6.45, 7) is 5.65. The maximum Gasteiger partial charge on any atom is 0.0953 e. The predicted octanol–water partition coefficient (Wildman–Crippen LogP) is 1.31. The molecule has 1 aliphatic carbocycles. The Morgan fingerprint density at radius 2 is 1.73 bits per heavy atom. The van der Waals surface area contributed by atoms with Crippen LogP contribution >= 0.6 is 0 Å². The standard InChI is InChI=1S/C9H18O2/c1-7(2)9(11)6-4-5-8(9,3)10/h7,10-11H,4-6H2,1-3H3/t8-,9?/m0/s1. The second-order valence-electron chi connectivity index (χ2n) is 4.21. The molecule has 2 atom stereocenters. The van der Waals surface area contributed by atoms with Gasteiger partial charge in [-0.05, 0) is 32.1 Å². The smallest absolute Gasteiger partial charge is 0.0953 e. The maximum atomic E-state index is 10.0. The molecule has 0 heterocycles. The monoisotopic (exact) mass is 158 g/mol. The molecule has 1 fully saturated rings. The van der Waals surface area contributed by atoms with Gasteiger partial charge in [-0.15, -0.1) is 0 Å². The lowest BCUT2D eigenvalue weighted by Crippen LogP contribution is -2.51. The summed E-state index contributed by atoms with van der Waals surface area (Å²) in [5, 5.41) is 19.9. The molecule has 2 nitrogen and oxygen atoms in total. The van der Waals surface area contributed by atoms with Crippen LogP contribution in [-0.4, -0.2) is 21.4 Å². The fraction of sp³-hybridized carbons (Fsp3) is 1.00. The van der Waals surface area contributed by atoms with Crippen molar-refractivity contribution < 1.29 is 10.2 Å². The second-order valence-corrected chi connectivity index (χ2v) is 4.21. The third kappa shape index (κ3) is 1.18. The van der Waals surface area contributed by atoms with Crippen LogP contribution in [0.3, 0.4) is 0 Å². The van der Waals surface area contributed by atoms with Gasteiger partial charge in [-0.3, -0.25) is 0 Å². The molecule has 1 saturated carbocycles. The third-order valence-electron chi connectivity index (χ3n) is 3.11. The molecule has 1 unspecified atom stereocenters. The summed E-state index contributed by atoms with van der Waals surface area (Å²) < 4.78 is 0. The first-order valence-electron chi connectivity index (χ1n) is 4.35. The van der Waals surface area contributed by atoms with Crippen molar-refractivity contribution in [2.45, 2.75) is 51.2 Å². The minimum absolute atomic E-state index is 0.139. The van der Waals surface area contributed by atoms with Crippen LogP contribution in [0.2, 0.25) is 0 Å². The van der Waals surface area contributed by atoms with Gasteiger partial charge in [0, 0.05) is 0 Å². The SMILES string of the molecule is CC(C)C1(O)CCC[C@]1(C)O. The summed E-state index contributed by atoms with van der Waals surface area (Å²) in [5.41, 5.74) is -1.73. The van der Waals surface area contributed by atoms with E-state index in [1.807, 2.05) is 13.8 Å². The quantitative estimate of drug-likeness (QED) is 0.604. The average molecular weight is 158 g/mol. The summed E-state index contributed by atoms with van der Waals surface area (Å²) in [5.74, 6) is 0.139. The van der Waals surface area contributed by atoms with Gasteiger partial charge in [-0.25, -0.2) is 0 Å². The number of hydrogen-bond donors (Lipinski definition) is 2. The fourth-order valence-electron chi connectivity index (χ4n) is 2.10. The van der Waals surface area contributed by atoms with E-state index in [1.54, 1.807) is 6.92 Å². The van der Waals surface area contributed by atoms with Crippen LogP contribution in [0.4, 0.5) is 0 Å². The van der Waals surface area contributed by atoms with Crippen molar-refractivity contribution in [3.8, 4) is 0 Å². The predicted molar refractivity (Wildman–Crippen MR) is 44.3 cm³/mol. The lowest BCUT2D eigenvalue weighted by atomic mass is 9.79. The van der Waals surface area contributed by atoms with Gasteiger partial charge in [0.2, 0.25) is 0 Å². The highest BCUT2D eigenvalue weighted by Gasteiger charge is 2.51. The Labute approximate surface area is 68.2 Å². The third-order valence-corrected chi connectivity index (χ3v) is 3.11. The highest BCUT2D eigenvalue weighted by molar-refractivity contribution is 5.03. The van der Waals surface area contributed by atoms with Gasteiger partial charge in [0.1, 0.15) is 0 Å². The molecule has 0 amide bonds. The molecule has 2 heteroatoms. The van der Waals surface area contributed by atoms with E-state index in [1.165, 1.54) is 0 Å². The van der Waals surface area contributed by atoms with E-state index in [0.29, 0.717) is 0 Å². The normalized spacial score (nSPS) is 45.3. The maximum absolute atomic E-state index is 10.0. The molecule has 0 aromatic rings. The Hall–Kier alpha value is -0.0800. The largest absolute Gasteiger partial charge is 0.387 e. The molecular weight excluding hydrogens is 140 g/mol. The lowest BCUT2D eigenvalue weighted by Gasteiger charge is -2.38.